The first-order chi connectivity index (χ1) is 35.2. The van der Waals surface area contributed by atoms with E-state index < -0.39 is 74.2 Å². The van der Waals surface area contributed by atoms with Gasteiger partial charge in [-0.2, -0.15) is 0 Å². The van der Waals surface area contributed by atoms with E-state index in [1.807, 2.05) is 0 Å². The van der Waals surface area contributed by atoms with Gasteiger partial charge in [0.2, 0.25) is 5.91 Å². The van der Waals surface area contributed by atoms with Gasteiger partial charge in [-0.25, -0.2) is 0 Å². The average molecular weight is 1020 g/mol. The molecule has 0 aromatic heterocycles. The number of carbonyl (C=O) groups excluding carboxylic acids is 1. The molecule has 0 spiro atoms. The van der Waals surface area contributed by atoms with Crippen LogP contribution in [0.5, 0.6) is 0 Å². The molecule has 9 unspecified atom stereocenters. The van der Waals surface area contributed by atoms with Gasteiger partial charge >= 0.3 is 0 Å². The van der Waals surface area contributed by atoms with Crippen LogP contribution < -0.4 is 5.32 Å². The number of aliphatic hydroxyl groups is 7. The van der Waals surface area contributed by atoms with Crippen LogP contribution in [-0.2, 0) is 14.3 Å². The number of ether oxygens (including phenoxy) is 2. The number of nitrogens with one attached hydrogen (secondary N) is 1. The van der Waals surface area contributed by atoms with Crippen molar-refractivity contribution in [1.82, 2.24) is 5.32 Å². The molecule has 0 bridgehead atoms. The van der Waals surface area contributed by atoms with E-state index in [2.05, 4.69) is 43.5 Å². The van der Waals surface area contributed by atoms with E-state index in [0.29, 0.717) is 19.3 Å². The van der Waals surface area contributed by atoms with Crippen LogP contribution in [0.3, 0.4) is 0 Å². The number of unbranched alkanes of at least 4 members (excludes halogenated alkanes) is 37. The van der Waals surface area contributed by atoms with E-state index in [0.717, 1.165) is 38.5 Å². The van der Waals surface area contributed by atoms with E-state index in [4.69, 9.17) is 9.47 Å². The molecule has 11 heteroatoms. The third-order valence-corrected chi connectivity index (χ3v) is 15.0. The van der Waals surface area contributed by atoms with Gasteiger partial charge in [-0.05, 0) is 51.4 Å². The Bertz CT molecular complexity index is 1220. The zero-order valence-electron chi connectivity index (χ0n) is 46.7. The fourth-order valence-electron chi connectivity index (χ4n) is 9.99. The topological polar surface area (TPSA) is 189 Å². The molecule has 9 atom stereocenters. The van der Waals surface area contributed by atoms with E-state index in [9.17, 15) is 40.5 Å². The summed E-state index contributed by atoms with van der Waals surface area (Å²) in [6, 6.07) is -1.19. The summed E-state index contributed by atoms with van der Waals surface area (Å²) in [5.74, 6) is -0.705. The second-order valence-corrected chi connectivity index (χ2v) is 21.8. The van der Waals surface area contributed by atoms with Crippen LogP contribution in [0.4, 0.5) is 0 Å². The summed E-state index contributed by atoms with van der Waals surface area (Å²) in [6.07, 6.45) is 49.6. The van der Waals surface area contributed by atoms with Gasteiger partial charge in [0.05, 0.1) is 25.4 Å². The van der Waals surface area contributed by atoms with E-state index >= 15 is 0 Å². The summed E-state index contributed by atoms with van der Waals surface area (Å²) < 4.78 is 11.1. The molecular weight excluding hydrogens is 907 g/mol. The maximum Gasteiger partial charge on any atom is 0.249 e. The van der Waals surface area contributed by atoms with E-state index in [-0.39, 0.29) is 12.8 Å². The van der Waals surface area contributed by atoms with Crippen LogP contribution in [0, 0.1) is 0 Å². The molecule has 1 aliphatic rings. The maximum absolute atomic E-state index is 13.2. The molecule has 0 aromatic carbocycles. The third-order valence-electron chi connectivity index (χ3n) is 15.0. The zero-order valence-corrected chi connectivity index (χ0v) is 46.7. The van der Waals surface area contributed by atoms with Crippen molar-refractivity contribution in [3.8, 4) is 0 Å². The SMILES string of the molecule is CCCCCCCCCC/C=C/CC/C=C/CCCC(O)C(O)C(COC1OC(CO)C(O)C(O)C1O)NC(=O)C(O)CCCCCCCCCCCCCCCCCCCCCCCCCCCCCC. The van der Waals surface area contributed by atoms with E-state index in [1.54, 1.807) is 0 Å². The summed E-state index contributed by atoms with van der Waals surface area (Å²) in [6.45, 7) is 3.46. The van der Waals surface area contributed by atoms with Crippen LogP contribution in [0.1, 0.15) is 290 Å². The molecule has 11 nitrogen and oxygen atoms in total. The van der Waals surface area contributed by atoms with Crippen molar-refractivity contribution in [2.45, 2.75) is 345 Å². The minimum absolute atomic E-state index is 0.249. The number of amides is 1. The summed E-state index contributed by atoms with van der Waals surface area (Å²) in [7, 11) is 0. The van der Waals surface area contributed by atoms with Crippen molar-refractivity contribution >= 4 is 5.91 Å². The highest BCUT2D eigenvalue weighted by Crippen LogP contribution is 2.23. The smallest absolute Gasteiger partial charge is 0.249 e. The predicted molar refractivity (Wildman–Crippen MR) is 298 cm³/mol. The second kappa shape index (κ2) is 50.4. The van der Waals surface area contributed by atoms with Crippen LogP contribution in [0.2, 0.25) is 0 Å². The van der Waals surface area contributed by atoms with Crippen LogP contribution >= 0.6 is 0 Å². The lowest BCUT2D eigenvalue weighted by atomic mass is 9.98. The Balaban J connectivity index is 2.25. The number of allylic oxidation sites excluding steroid dienone is 4. The third kappa shape index (κ3) is 38.2. The van der Waals surface area contributed by atoms with Gasteiger partial charge < -0.3 is 50.5 Å². The molecule has 72 heavy (non-hydrogen) atoms. The first kappa shape index (κ1) is 68.6. The lowest BCUT2D eigenvalue weighted by Gasteiger charge is -2.40. The molecule has 1 rings (SSSR count). The highest BCUT2D eigenvalue weighted by atomic mass is 16.7. The molecule has 0 aromatic rings. The monoisotopic (exact) mass is 1020 g/mol. The Morgan fingerprint density at radius 3 is 1.24 bits per heavy atom. The molecule has 0 radical (unpaired) electrons. The van der Waals surface area contributed by atoms with Gasteiger partial charge in [0.25, 0.3) is 0 Å². The van der Waals surface area contributed by atoms with Gasteiger partial charge in [0.1, 0.15) is 36.6 Å². The van der Waals surface area contributed by atoms with Crippen molar-refractivity contribution in [1.29, 1.82) is 0 Å². The molecule has 426 valence electrons. The van der Waals surface area contributed by atoms with Crippen LogP contribution in [0.15, 0.2) is 24.3 Å². The fourth-order valence-corrected chi connectivity index (χ4v) is 9.99. The summed E-state index contributed by atoms with van der Waals surface area (Å²) >= 11 is 0. The van der Waals surface area contributed by atoms with Crippen LogP contribution in [0.25, 0.3) is 0 Å². The van der Waals surface area contributed by atoms with Crippen molar-refractivity contribution in [2.75, 3.05) is 13.2 Å². The lowest BCUT2D eigenvalue weighted by molar-refractivity contribution is -0.303. The van der Waals surface area contributed by atoms with Crippen molar-refractivity contribution in [3.05, 3.63) is 24.3 Å². The summed E-state index contributed by atoms with van der Waals surface area (Å²) in [5, 5.41) is 76.1. The van der Waals surface area contributed by atoms with Gasteiger partial charge in [0, 0.05) is 0 Å². The minimum atomic E-state index is -1.67. The molecule has 1 fully saturated rings. The number of hydrogen-bond acceptors (Lipinski definition) is 10. The molecule has 1 saturated heterocycles. The average Bonchev–Trinajstić information content (AvgIpc) is 3.38. The highest BCUT2D eigenvalue weighted by Gasteiger charge is 2.44. The number of rotatable bonds is 53. The standard InChI is InChI=1S/C61H117NO10/c1-3-5-7-9-11-13-15-17-19-21-22-23-24-25-26-27-28-29-30-31-33-35-37-39-41-43-45-47-49-54(65)60(70)62-52(51-71-61-59(69)58(68)57(67)55(50-63)72-61)56(66)53(64)48-46-44-42-40-38-36-34-32-20-18-16-14-12-10-8-6-4-2/h32,34,40,42,52-59,61,63-69H,3-31,33,35-39,41,43-51H2,1-2H3,(H,62,70)/b34-32+,42-40+. The number of hydrogen-bond donors (Lipinski definition) is 8. The van der Waals surface area contributed by atoms with Gasteiger partial charge in [-0.15, -0.1) is 0 Å². The predicted octanol–water partition coefficient (Wildman–Crippen LogP) is 13.3. The van der Waals surface area contributed by atoms with Gasteiger partial charge in [-0.3, -0.25) is 4.79 Å². The Hall–Kier alpha value is -1.41. The normalized spacial score (nSPS) is 20.2. The summed E-state index contributed by atoms with van der Waals surface area (Å²) in [4.78, 5) is 13.2. The molecule has 1 amide bonds. The zero-order chi connectivity index (χ0) is 52.5. The molecule has 1 heterocycles. The Kier molecular flexibility index (Phi) is 48.0. The van der Waals surface area contributed by atoms with Gasteiger partial charge in [0.15, 0.2) is 6.29 Å². The second-order valence-electron chi connectivity index (χ2n) is 21.8. The van der Waals surface area contributed by atoms with Crippen molar-refractivity contribution in [3.63, 3.8) is 0 Å². The van der Waals surface area contributed by atoms with Crippen molar-refractivity contribution in [2.24, 2.45) is 0 Å². The van der Waals surface area contributed by atoms with Crippen molar-refractivity contribution < 1.29 is 50.0 Å². The molecule has 0 saturated carbocycles. The minimum Gasteiger partial charge on any atom is -0.394 e. The lowest BCUT2D eigenvalue weighted by Crippen LogP contribution is -2.60. The Labute approximate surface area is 442 Å². The van der Waals surface area contributed by atoms with E-state index in [1.165, 1.54) is 205 Å². The molecule has 8 N–H and O–H groups in total. The van der Waals surface area contributed by atoms with Gasteiger partial charge in [-0.1, -0.05) is 263 Å². The first-order valence-corrected chi connectivity index (χ1v) is 30.7. The largest absolute Gasteiger partial charge is 0.394 e. The maximum atomic E-state index is 13.2. The first-order valence-electron chi connectivity index (χ1n) is 30.7. The fraction of sp³-hybridized carbons (Fsp3) is 0.918. The number of aliphatic hydroxyl groups excluding tert-OH is 7. The Morgan fingerprint density at radius 2 is 0.833 bits per heavy atom. The summed E-state index contributed by atoms with van der Waals surface area (Å²) in [5.41, 5.74) is 0. The molecular formula is C61H117NO10. The van der Waals surface area contributed by atoms with Crippen LogP contribution in [-0.4, -0.2) is 110 Å². The molecule has 1 aliphatic heterocycles. The number of carbonyl (C=O) groups is 1. The molecule has 0 aliphatic carbocycles. The quantitative estimate of drug-likeness (QED) is 0.0215. The Morgan fingerprint density at radius 1 is 0.472 bits per heavy atom. The highest BCUT2D eigenvalue weighted by molar-refractivity contribution is 5.80.